The van der Waals surface area contributed by atoms with Gasteiger partial charge in [0.25, 0.3) is 0 Å². The summed E-state index contributed by atoms with van der Waals surface area (Å²) in [5.74, 6) is 0.916. The van der Waals surface area contributed by atoms with E-state index < -0.39 is 0 Å². The third-order valence-electron chi connectivity index (χ3n) is 3.14. The molecule has 2 N–H and O–H groups in total. The highest BCUT2D eigenvalue weighted by atomic mass is 35.5. The largest absolute Gasteiger partial charge is 0.327 e. The van der Waals surface area contributed by atoms with E-state index in [-0.39, 0.29) is 6.04 Å². The fraction of sp³-hybridized carbons (Fsp3) is 0.333. The molecule has 88 valence electrons. The van der Waals surface area contributed by atoms with Crippen LogP contribution in [-0.2, 0) is 13.0 Å². The normalized spacial score (nSPS) is 19.1. The van der Waals surface area contributed by atoms with E-state index in [0.717, 1.165) is 36.5 Å². The highest BCUT2D eigenvalue weighted by Crippen LogP contribution is 2.29. The molecule has 0 amide bonds. The fourth-order valence-electron chi connectivity index (χ4n) is 2.26. The first kappa shape index (κ1) is 10.7. The quantitative estimate of drug-likeness (QED) is 0.838. The summed E-state index contributed by atoms with van der Waals surface area (Å²) in [6, 6.07) is 4.09. The molecule has 3 rings (SSSR count). The number of imidazole rings is 1. The van der Waals surface area contributed by atoms with Crippen LogP contribution in [0.15, 0.2) is 24.5 Å². The van der Waals surface area contributed by atoms with E-state index >= 15 is 0 Å². The molecule has 0 aliphatic carbocycles. The number of hydrogen-bond acceptors (Lipinski definition) is 3. The number of pyridine rings is 1. The Morgan fingerprint density at radius 2 is 2.12 bits per heavy atom. The number of fused-ring (bicyclic) bond motifs is 1. The van der Waals surface area contributed by atoms with Crippen molar-refractivity contribution in [2.75, 3.05) is 0 Å². The van der Waals surface area contributed by atoms with E-state index in [2.05, 4.69) is 14.5 Å². The summed E-state index contributed by atoms with van der Waals surface area (Å²) in [6.07, 6.45) is 5.30. The number of aromatic nitrogens is 3. The molecule has 5 heteroatoms. The molecule has 17 heavy (non-hydrogen) atoms. The average Bonchev–Trinajstić information content (AvgIpc) is 2.68. The molecule has 1 unspecified atom stereocenters. The Balaban J connectivity index is 2.11. The third kappa shape index (κ3) is 1.83. The van der Waals surface area contributed by atoms with Crippen LogP contribution in [0, 0.1) is 0 Å². The summed E-state index contributed by atoms with van der Waals surface area (Å²) in [7, 11) is 0. The number of rotatable bonds is 1. The summed E-state index contributed by atoms with van der Waals surface area (Å²) in [6.45, 7) is 0.883. The molecule has 2 aromatic rings. The number of nitrogens with two attached hydrogens (primary N) is 1. The van der Waals surface area contributed by atoms with Crippen LogP contribution in [0.4, 0.5) is 0 Å². The second-order valence-corrected chi connectivity index (χ2v) is 4.67. The molecule has 1 atom stereocenters. The summed E-state index contributed by atoms with van der Waals surface area (Å²) >= 11 is 6.17. The zero-order valence-electron chi connectivity index (χ0n) is 9.31. The van der Waals surface area contributed by atoms with E-state index in [9.17, 15) is 0 Å². The van der Waals surface area contributed by atoms with Crippen LogP contribution in [0.2, 0.25) is 5.15 Å². The predicted octanol–water partition coefficient (Wildman–Crippen LogP) is 1.87. The lowest BCUT2D eigenvalue weighted by Gasteiger charge is -2.21. The second-order valence-electron chi connectivity index (χ2n) is 4.31. The van der Waals surface area contributed by atoms with Gasteiger partial charge in [-0.1, -0.05) is 11.6 Å². The van der Waals surface area contributed by atoms with Crippen molar-refractivity contribution in [3.05, 3.63) is 35.4 Å². The van der Waals surface area contributed by atoms with Crippen molar-refractivity contribution < 1.29 is 0 Å². The van der Waals surface area contributed by atoms with Gasteiger partial charge in [0, 0.05) is 37.0 Å². The van der Waals surface area contributed by atoms with Gasteiger partial charge in [0.15, 0.2) is 5.15 Å². The monoisotopic (exact) mass is 248 g/mol. The fourth-order valence-corrected chi connectivity index (χ4v) is 2.52. The molecule has 0 bridgehead atoms. The van der Waals surface area contributed by atoms with Crippen molar-refractivity contribution in [3.8, 4) is 11.4 Å². The highest BCUT2D eigenvalue weighted by molar-refractivity contribution is 6.30. The second kappa shape index (κ2) is 4.13. The maximum Gasteiger partial charge on any atom is 0.151 e. The molecule has 0 aromatic carbocycles. The topological polar surface area (TPSA) is 56.7 Å². The summed E-state index contributed by atoms with van der Waals surface area (Å²) in [4.78, 5) is 8.45. The first-order valence-electron chi connectivity index (χ1n) is 5.66. The molecule has 1 aliphatic rings. The zero-order chi connectivity index (χ0) is 11.8. The maximum absolute atomic E-state index is 6.17. The lowest BCUT2D eigenvalue weighted by molar-refractivity contribution is 0.475. The van der Waals surface area contributed by atoms with Gasteiger partial charge in [0.05, 0.1) is 5.69 Å². The van der Waals surface area contributed by atoms with E-state index in [0.29, 0.717) is 5.15 Å². The Morgan fingerprint density at radius 3 is 2.88 bits per heavy atom. The Hall–Kier alpha value is -1.39. The first-order valence-corrected chi connectivity index (χ1v) is 6.04. The van der Waals surface area contributed by atoms with Crippen LogP contribution in [0.3, 0.4) is 0 Å². The molecule has 3 heterocycles. The Kier molecular flexibility index (Phi) is 2.61. The van der Waals surface area contributed by atoms with E-state index in [1.807, 2.05) is 12.1 Å². The molecule has 0 radical (unpaired) electrons. The SMILES string of the molecule is NC1CCn2c(-c3ccncc3)nc(Cl)c2C1. The Bertz CT molecular complexity index is 535. The minimum atomic E-state index is 0.196. The minimum absolute atomic E-state index is 0.196. The minimum Gasteiger partial charge on any atom is -0.327 e. The lowest BCUT2D eigenvalue weighted by Crippen LogP contribution is -2.30. The van der Waals surface area contributed by atoms with Gasteiger partial charge < -0.3 is 10.3 Å². The Labute approximate surface area is 104 Å². The van der Waals surface area contributed by atoms with Crippen molar-refractivity contribution in [2.24, 2.45) is 5.73 Å². The molecular formula is C12H13ClN4. The first-order chi connectivity index (χ1) is 8.25. The molecule has 2 aromatic heterocycles. The smallest absolute Gasteiger partial charge is 0.151 e. The van der Waals surface area contributed by atoms with Crippen LogP contribution >= 0.6 is 11.6 Å². The van der Waals surface area contributed by atoms with Crippen LogP contribution in [0.5, 0.6) is 0 Å². The summed E-state index contributed by atoms with van der Waals surface area (Å²) in [5, 5.41) is 0.576. The van der Waals surface area contributed by atoms with Gasteiger partial charge in [-0.3, -0.25) is 4.98 Å². The van der Waals surface area contributed by atoms with Gasteiger partial charge in [-0.25, -0.2) is 4.98 Å². The van der Waals surface area contributed by atoms with Crippen molar-refractivity contribution in [3.63, 3.8) is 0 Å². The average molecular weight is 249 g/mol. The molecule has 0 spiro atoms. The standard InChI is InChI=1S/C12H13ClN4/c13-11-10-7-9(14)3-6-17(10)12(16-11)8-1-4-15-5-2-8/h1-2,4-5,9H,3,6-7,14H2. The summed E-state index contributed by atoms with van der Waals surface area (Å²) < 4.78 is 2.17. The highest BCUT2D eigenvalue weighted by Gasteiger charge is 2.23. The molecule has 1 aliphatic heterocycles. The number of hydrogen-bond donors (Lipinski definition) is 1. The summed E-state index contributed by atoms with van der Waals surface area (Å²) in [5.41, 5.74) is 8.05. The van der Waals surface area contributed by atoms with Gasteiger partial charge >= 0.3 is 0 Å². The van der Waals surface area contributed by atoms with Crippen LogP contribution in [-0.4, -0.2) is 20.6 Å². The molecule has 0 saturated heterocycles. The van der Waals surface area contributed by atoms with Crippen LogP contribution in [0.1, 0.15) is 12.1 Å². The van der Waals surface area contributed by atoms with Crippen LogP contribution < -0.4 is 5.73 Å². The lowest BCUT2D eigenvalue weighted by atomic mass is 10.1. The van der Waals surface area contributed by atoms with Gasteiger partial charge in [0.2, 0.25) is 0 Å². The van der Waals surface area contributed by atoms with Gasteiger partial charge in [0.1, 0.15) is 5.82 Å². The molecule has 4 nitrogen and oxygen atoms in total. The van der Waals surface area contributed by atoms with E-state index in [1.165, 1.54) is 0 Å². The predicted molar refractivity (Wildman–Crippen MR) is 66.8 cm³/mol. The number of halogens is 1. The maximum atomic E-state index is 6.17. The Morgan fingerprint density at radius 1 is 1.35 bits per heavy atom. The molecule has 0 saturated carbocycles. The van der Waals surface area contributed by atoms with Gasteiger partial charge in [-0.05, 0) is 18.6 Å². The third-order valence-corrected chi connectivity index (χ3v) is 3.44. The number of nitrogens with zero attached hydrogens (tertiary/aromatic N) is 3. The zero-order valence-corrected chi connectivity index (χ0v) is 10.1. The van der Waals surface area contributed by atoms with E-state index in [4.69, 9.17) is 17.3 Å². The van der Waals surface area contributed by atoms with Gasteiger partial charge in [-0.2, -0.15) is 0 Å². The van der Waals surface area contributed by atoms with Crippen molar-refractivity contribution in [1.29, 1.82) is 0 Å². The van der Waals surface area contributed by atoms with E-state index in [1.54, 1.807) is 12.4 Å². The van der Waals surface area contributed by atoms with Crippen molar-refractivity contribution in [2.45, 2.75) is 25.4 Å². The van der Waals surface area contributed by atoms with Crippen LogP contribution in [0.25, 0.3) is 11.4 Å². The molecular weight excluding hydrogens is 236 g/mol. The van der Waals surface area contributed by atoms with Crippen molar-refractivity contribution >= 4 is 11.6 Å². The van der Waals surface area contributed by atoms with Crippen molar-refractivity contribution in [1.82, 2.24) is 14.5 Å². The van der Waals surface area contributed by atoms with Gasteiger partial charge in [-0.15, -0.1) is 0 Å². The molecule has 0 fully saturated rings.